The Morgan fingerprint density at radius 1 is 1.06 bits per heavy atom. The van der Waals surface area contributed by atoms with E-state index in [2.05, 4.69) is 10.1 Å². The molecule has 1 heterocycles. The van der Waals surface area contributed by atoms with Crippen LogP contribution in [-0.2, 0) is 11.4 Å². The normalized spacial score (nSPS) is 11.6. The Labute approximate surface area is 189 Å². The summed E-state index contributed by atoms with van der Waals surface area (Å²) in [5.41, 5.74) is 10.5. The molecule has 4 aromatic rings. The molecule has 5 N–H and O–H groups in total. The smallest absolute Gasteiger partial charge is 0.337 e. The van der Waals surface area contributed by atoms with Crippen molar-refractivity contribution in [3.05, 3.63) is 83.4 Å². The van der Waals surface area contributed by atoms with E-state index >= 15 is 0 Å². The molecule has 0 amide bonds. The second-order valence-corrected chi connectivity index (χ2v) is 7.21. The molecule has 4 rings (SSSR count). The minimum Gasteiger partial charge on any atom is -0.478 e. The fourth-order valence-corrected chi connectivity index (χ4v) is 3.66. The topological polar surface area (TPSA) is 138 Å². The average molecular weight is 445 g/mol. The lowest BCUT2D eigenvalue weighted by Gasteiger charge is -2.12. The molecule has 168 valence electrons. The second-order valence-electron chi connectivity index (χ2n) is 7.21. The predicted molar refractivity (Wildman–Crippen MR) is 125 cm³/mol. The van der Waals surface area contributed by atoms with Crippen LogP contribution in [0.1, 0.15) is 28.4 Å². The number of hydrazone groups is 1. The molecule has 1 aromatic heterocycles. The highest BCUT2D eigenvalue weighted by molar-refractivity contribution is 6.03. The molecule has 0 aliphatic rings. The van der Waals surface area contributed by atoms with E-state index in [-0.39, 0.29) is 17.4 Å². The van der Waals surface area contributed by atoms with Crippen molar-refractivity contribution in [1.29, 1.82) is 0 Å². The minimum absolute atomic E-state index is 0.133. The molecule has 0 aliphatic heterocycles. The number of para-hydroxylation sites is 1. The van der Waals surface area contributed by atoms with Crippen LogP contribution in [0.4, 0.5) is 0 Å². The highest BCUT2D eigenvalue weighted by atomic mass is 17.2. The lowest BCUT2D eigenvalue weighted by atomic mass is 9.98. The first-order valence-corrected chi connectivity index (χ1v) is 10.3. The number of carbonyl (C=O) groups is 1. The molecule has 0 saturated carbocycles. The van der Waals surface area contributed by atoms with Gasteiger partial charge in [0.25, 0.3) is 0 Å². The summed E-state index contributed by atoms with van der Waals surface area (Å²) in [6, 6.07) is 20.5. The SMILES string of the molecule is CCOOc1nc2cccc(C(=O)O)c2n1Cc1ccc(-c2ccccc2/C(N)=N\N)cc1. The monoisotopic (exact) mass is 445 g/mol. The van der Waals surface area contributed by atoms with Crippen molar-refractivity contribution in [3.63, 3.8) is 0 Å². The number of carboxylic acids is 1. The van der Waals surface area contributed by atoms with Gasteiger partial charge in [0.05, 0.1) is 29.7 Å². The van der Waals surface area contributed by atoms with Crippen molar-refractivity contribution in [1.82, 2.24) is 9.55 Å². The Morgan fingerprint density at radius 2 is 1.79 bits per heavy atom. The summed E-state index contributed by atoms with van der Waals surface area (Å²) < 4.78 is 1.69. The van der Waals surface area contributed by atoms with Crippen molar-refractivity contribution < 1.29 is 19.7 Å². The molecular formula is C24H23N5O4. The predicted octanol–water partition coefficient (Wildman–Crippen LogP) is 3.36. The molecular weight excluding hydrogens is 422 g/mol. The van der Waals surface area contributed by atoms with Crippen LogP contribution >= 0.6 is 0 Å². The van der Waals surface area contributed by atoms with Crippen LogP contribution in [0, 0.1) is 0 Å². The van der Waals surface area contributed by atoms with Crippen LogP contribution in [0.2, 0.25) is 0 Å². The number of rotatable bonds is 8. The maximum Gasteiger partial charge on any atom is 0.337 e. The van der Waals surface area contributed by atoms with E-state index in [4.69, 9.17) is 21.4 Å². The zero-order valence-corrected chi connectivity index (χ0v) is 17.9. The molecule has 9 heteroatoms. The first-order valence-electron chi connectivity index (χ1n) is 10.3. The van der Waals surface area contributed by atoms with Gasteiger partial charge in [0.15, 0.2) is 5.84 Å². The van der Waals surface area contributed by atoms with Gasteiger partial charge < -0.3 is 16.7 Å². The molecule has 9 nitrogen and oxygen atoms in total. The van der Waals surface area contributed by atoms with Crippen molar-refractivity contribution in [2.24, 2.45) is 16.7 Å². The molecule has 0 fully saturated rings. The van der Waals surface area contributed by atoms with E-state index in [0.29, 0.717) is 24.2 Å². The van der Waals surface area contributed by atoms with E-state index < -0.39 is 5.97 Å². The lowest BCUT2D eigenvalue weighted by Crippen LogP contribution is -2.16. The maximum absolute atomic E-state index is 11.8. The third-order valence-electron chi connectivity index (χ3n) is 5.16. The molecule has 3 aromatic carbocycles. The number of aromatic carboxylic acids is 1. The van der Waals surface area contributed by atoms with Crippen LogP contribution in [0.5, 0.6) is 6.01 Å². The van der Waals surface area contributed by atoms with Crippen LogP contribution < -0.4 is 16.5 Å². The second kappa shape index (κ2) is 9.41. The molecule has 33 heavy (non-hydrogen) atoms. The van der Waals surface area contributed by atoms with Gasteiger partial charge in [0, 0.05) is 5.56 Å². The van der Waals surface area contributed by atoms with Gasteiger partial charge in [-0.25, -0.2) is 4.79 Å². The molecule has 0 radical (unpaired) electrons. The number of nitrogens with zero attached hydrogens (tertiary/aromatic N) is 3. The van der Waals surface area contributed by atoms with Gasteiger partial charge in [-0.2, -0.15) is 15.0 Å². The zero-order valence-electron chi connectivity index (χ0n) is 17.9. The fourth-order valence-electron chi connectivity index (χ4n) is 3.66. The number of aromatic nitrogens is 2. The third-order valence-corrected chi connectivity index (χ3v) is 5.16. The van der Waals surface area contributed by atoms with Crippen molar-refractivity contribution in [3.8, 4) is 17.1 Å². The lowest BCUT2D eigenvalue weighted by molar-refractivity contribution is -0.210. The van der Waals surface area contributed by atoms with Crippen molar-refractivity contribution in [2.75, 3.05) is 6.61 Å². The molecule has 0 unspecified atom stereocenters. The summed E-state index contributed by atoms with van der Waals surface area (Å²) in [5, 5.41) is 13.3. The van der Waals surface area contributed by atoms with Gasteiger partial charge >= 0.3 is 12.0 Å². The number of imidazole rings is 1. The number of fused-ring (bicyclic) bond motifs is 1. The maximum atomic E-state index is 11.8. The Kier molecular flexibility index (Phi) is 6.23. The summed E-state index contributed by atoms with van der Waals surface area (Å²) in [4.78, 5) is 26.7. The Hall–Kier alpha value is -4.37. The summed E-state index contributed by atoms with van der Waals surface area (Å²) in [5.74, 6) is 4.57. The summed E-state index contributed by atoms with van der Waals surface area (Å²) >= 11 is 0. The molecule has 0 saturated heterocycles. The van der Waals surface area contributed by atoms with Crippen molar-refractivity contribution >= 4 is 22.8 Å². The van der Waals surface area contributed by atoms with Crippen LogP contribution in [0.15, 0.2) is 71.8 Å². The fraction of sp³-hybridized carbons (Fsp3) is 0.125. The van der Waals surface area contributed by atoms with Crippen LogP contribution in [0.25, 0.3) is 22.2 Å². The first-order chi connectivity index (χ1) is 16.0. The Bertz CT molecular complexity index is 1330. The number of hydrogen-bond acceptors (Lipinski definition) is 6. The minimum atomic E-state index is -1.05. The molecule has 0 bridgehead atoms. The van der Waals surface area contributed by atoms with E-state index in [1.165, 1.54) is 6.07 Å². The molecule has 0 aliphatic carbocycles. The quantitative estimate of drug-likeness (QED) is 0.124. The molecule has 0 atom stereocenters. The Balaban J connectivity index is 1.73. The number of nitrogens with two attached hydrogens (primary N) is 2. The number of benzene rings is 3. The van der Waals surface area contributed by atoms with E-state index in [1.807, 2.05) is 48.5 Å². The van der Waals surface area contributed by atoms with Gasteiger partial charge in [-0.3, -0.25) is 9.45 Å². The van der Waals surface area contributed by atoms with Crippen LogP contribution in [-0.4, -0.2) is 33.1 Å². The van der Waals surface area contributed by atoms with Gasteiger partial charge in [-0.1, -0.05) is 54.6 Å². The van der Waals surface area contributed by atoms with Gasteiger partial charge in [0.2, 0.25) is 0 Å². The number of hydrogen-bond donors (Lipinski definition) is 3. The van der Waals surface area contributed by atoms with Gasteiger partial charge in [0.1, 0.15) is 0 Å². The summed E-state index contributed by atoms with van der Waals surface area (Å²) in [6.07, 6.45) is 0. The number of amidine groups is 1. The highest BCUT2D eigenvalue weighted by Crippen LogP contribution is 2.28. The zero-order chi connectivity index (χ0) is 23.4. The standard InChI is InChI=1S/C24H23N5O4/c1-2-32-33-24-27-20-9-5-8-19(23(30)31)21(20)29(24)14-15-10-12-16(13-11-15)17-6-3-4-7-18(17)22(25)28-26/h3-13H,2,14,26H2,1H3,(H2,25,28)(H,30,31). The largest absolute Gasteiger partial charge is 0.478 e. The highest BCUT2D eigenvalue weighted by Gasteiger charge is 2.20. The van der Waals surface area contributed by atoms with Gasteiger partial charge in [-0.15, -0.1) is 0 Å². The Morgan fingerprint density at radius 3 is 2.48 bits per heavy atom. The van der Waals surface area contributed by atoms with Gasteiger partial charge in [-0.05, 0) is 35.7 Å². The third kappa shape index (κ3) is 4.35. The average Bonchev–Trinajstić information content (AvgIpc) is 3.19. The number of carboxylic acid groups (broad SMARTS) is 1. The summed E-state index contributed by atoms with van der Waals surface area (Å²) in [6.45, 7) is 2.43. The summed E-state index contributed by atoms with van der Waals surface area (Å²) in [7, 11) is 0. The van der Waals surface area contributed by atoms with E-state index in [0.717, 1.165) is 22.3 Å². The van der Waals surface area contributed by atoms with E-state index in [1.54, 1.807) is 23.6 Å². The first kappa shape index (κ1) is 21.8. The molecule has 0 spiro atoms. The van der Waals surface area contributed by atoms with E-state index in [9.17, 15) is 9.90 Å². The van der Waals surface area contributed by atoms with Crippen molar-refractivity contribution in [2.45, 2.75) is 13.5 Å². The van der Waals surface area contributed by atoms with Crippen LogP contribution in [0.3, 0.4) is 0 Å².